The Morgan fingerprint density at radius 3 is 2.32 bits per heavy atom. The summed E-state index contributed by atoms with van der Waals surface area (Å²) in [5.74, 6) is -0.426. The van der Waals surface area contributed by atoms with Gasteiger partial charge in [0, 0.05) is 29.2 Å². The van der Waals surface area contributed by atoms with Gasteiger partial charge in [0.2, 0.25) is 0 Å². The second-order valence-corrected chi connectivity index (χ2v) is 7.89. The Balaban J connectivity index is 1.68. The van der Waals surface area contributed by atoms with Crippen LogP contribution >= 0.6 is 11.6 Å². The van der Waals surface area contributed by atoms with Gasteiger partial charge in [-0.1, -0.05) is 23.7 Å². The Labute approximate surface area is 186 Å². The van der Waals surface area contributed by atoms with E-state index in [1.165, 1.54) is 6.42 Å². The number of halogens is 1. The van der Waals surface area contributed by atoms with Gasteiger partial charge in [-0.25, -0.2) is 9.48 Å². The van der Waals surface area contributed by atoms with Crippen LogP contribution in [-0.2, 0) is 4.74 Å². The molecule has 1 aliphatic rings. The van der Waals surface area contributed by atoms with E-state index in [0.717, 1.165) is 42.9 Å². The number of nitrogens with zero attached hydrogens (tertiary/aromatic N) is 3. The second-order valence-electron chi connectivity index (χ2n) is 7.45. The van der Waals surface area contributed by atoms with E-state index in [1.807, 2.05) is 41.3 Å². The highest BCUT2D eigenvalue weighted by Crippen LogP contribution is 2.26. The van der Waals surface area contributed by atoms with Gasteiger partial charge in [-0.05, 0) is 68.7 Å². The third kappa shape index (κ3) is 4.64. The minimum Gasteiger partial charge on any atom is -0.461 e. The molecule has 0 atom stereocenters. The summed E-state index contributed by atoms with van der Waals surface area (Å²) in [6.45, 7) is 3.65. The summed E-state index contributed by atoms with van der Waals surface area (Å²) >= 11 is 6.03. The summed E-state index contributed by atoms with van der Waals surface area (Å²) in [7, 11) is 0. The minimum atomic E-state index is -0.478. The van der Waals surface area contributed by atoms with Gasteiger partial charge in [0.15, 0.2) is 5.69 Å². The van der Waals surface area contributed by atoms with Gasteiger partial charge in [0.25, 0.3) is 5.91 Å². The van der Waals surface area contributed by atoms with Crippen LogP contribution in [0.25, 0.3) is 16.9 Å². The molecule has 160 valence electrons. The van der Waals surface area contributed by atoms with E-state index in [0.29, 0.717) is 10.6 Å². The normalized spacial score (nSPS) is 13.8. The van der Waals surface area contributed by atoms with Crippen LogP contribution < -0.4 is 0 Å². The number of hydrogen-bond acceptors (Lipinski definition) is 4. The summed E-state index contributed by atoms with van der Waals surface area (Å²) in [5, 5.41) is 5.10. The number of aromatic nitrogens is 2. The lowest BCUT2D eigenvalue weighted by atomic mass is 10.1. The zero-order valence-corrected chi connectivity index (χ0v) is 18.1. The SMILES string of the molecule is CCOC(=O)c1cc(-c2ccc(Cl)cc2)n(-c2ccc(C(=O)N3CCCCC3)cc2)n1. The number of carbonyl (C=O) groups excluding carboxylic acids is 2. The zero-order valence-electron chi connectivity index (χ0n) is 17.4. The van der Waals surface area contributed by atoms with E-state index in [-0.39, 0.29) is 18.2 Å². The van der Waals surface area contributed by atoms with E-state index < -0.39 is 5.97 Å². The van der Waals surface area contributed by atoms with Crippen LogP contribution in [0.4, 0.5) is 0 Å². The first kappa shape index (κ1) is 21.1. The number of rotatable bonds is 5. The molecule has 2 heterocycles. The van der Waals surface area contributed by atoms with Crippen molar-refractivity contribution in [3.63, 3.8) is 0 Å². The molecule has 31 heavy (non-hydrogen) atoms. The number of hydrogen-bond donors (Lipinski definition) is 0. The van der Waals surface area contributed by atoms with E-state index >= 15 is 0 Å². The fraction of sp³-hybridized carbons (Fsp3) is 0.292. The standard InChI is InChI=1S/C24H24ClN3O3/c1-2-31-24(30)21-16-22(17-6-10-19(25)11-7-17)28(26-21)20-12-8-18(9-13-20)23(29)27-14-4-3-5-15-27/h6-13,16H,2-5,14-15H2,1H3. The minimum absolute atomic E-state index is 0.0526. The van der Waals surface area contributed by atoms with Crippen molar-refractivity contribution in [2.75, 3.05) is 19.7 Å². The summed E-state index contributed by atoms with van der Waals surface area (Å²) in [6, 6.07) is 16.3. The van der Waals surface area contributed by atoms with Gasteiger partial charge < -0.3 is 9.64 Å². The Bertz CT molecular complexity index is 1070. The molecule has 0 spiro atoms. The average molecular weight is 438 g/mol. The monoisotopic (exact) mass is 437 g/mol. The first-order valence-corrected chi connectivity index (χ1v) is 10.9. The molecule has 2 aromatic carbocycles. The van der Waals surface area contributed by atoms with Crippen molar-refractivity contribution in [2.45, 2.75) is 26.2 Å². The van der Waals surface area contributed by atoms with E-state index in [2.05, 4.69) is 5.10 Å². The zero-order chi connectivity index (χ0) is 21.8. The van der Waals surface area contributed by atoms with Gasteiger partial charge in [0.05, 0.1) is 18.0 Å². The summed E-state index contributed by atoms with van der Waals surface area (Å²) in [5.41, 5.74) is 3.21. The average Bonchev–Trinajstić information content (AvgIpc) is 3.26. The van der Waals surface area contributed by atoms with Crippen LogP contribution in [0.2, 0.25) is 5.02 Å². The van der Waals surface area contributed by atoms with Crippen molar-refractivity contribution in [3.05, 3.63) is 70.9 Å². The van der Waals surface area contributed by atoms with Gasteiger partial charge in [0.1, 0.15) is 0 Å². The Morgan fingerprint density at radius 1 is 1.00 bits per heavy atom. The number of benzene rings is 2. The molecule has 4 rings (SSSR count). The van der Waals surface area contributed by atoms with Crippen LogP contribution in [0.1, 0.15) is 47.0 Å². The Morgan fingerprint density at radius 2 is 1.68 bits per heavy atom. The maximum absolute atomic E-state index is 12.8. The van der Waals surface area contributed by atoms with Gasteiger partial charge in [-0.3, -0.25) is 4.79 Å². The summed E-state index contributed by atoms with van der Waals surface area (Å²) < 4.78 is 6.80. The first-order valence-electron chi connectivity index (χ1n) is 10.5. The third-order valence-corrected chi connectivity index (χ3v) is 5.59. The van der Waals surface area contributed by atoms with Crippen molar-refractivity contribution in [1.82, 2.24) is 14.7 Å². The molecule has 1 saturated heterocycles. The van der Waals surface area contributed by atoms with Crippen LogP contribution in [0, 0.1) is 0 Å². The molecule has 1 aliphatic heterocycles. The van der Waals surface area contributed by atoms with Gasteiger partial charge >= 0.3 is 5.97 Å². The molecule has 7 heteroatoms. The predicted molar refractivity (Wildman–Crippen MR) is 120 cm³/mol. The Hall–Kier alpha value is -3.12. The number of esters is 1. The molecular weight excluding hydrogens is 414 g/mol. The van der Waals surface area contributed by atoms with Crippen molar-refractivity contribution in [2.24, 2.45) is 0 Å². The molecule has 1 amide bonds. The fourth-order valence-electron chi connectivity index (χ4n) is 3.73. The van der Waals surface area contributed by atoms with Gasteiger partial charge in [-0.15, -0.1) is 0 Å². The maximum atomic E-state index is 12.8. The van der Waals surface area contributed by atoms with E-state index in [9.17, 15) is 9.59 Å². The molecule has 3 aromatic rings. The number of likely N-dealkylation sites (tertiary alicyclic amines) is 1. The van der Waals surface area contributed by atoms with Crippen LogP contribution in [0.5, 0.6) is 0 Å². The van der Waals surface area contributed by atoms with Crippen LogP contribution in [-0.4, -0.2) is 46.3 Å². The van der Waals surface area contributed by atoms with Crippen molar-refractivity contribution >= 4 is 23.5 Å². The molecule has 0 bridgehead atoms. The van der Waals surface area contributed by atoms with Crippen LogP contribution in [0.3, 0.4) is 0 Å². The lowest BCUT2D eigenvalue weighted by Crippen LogP contribution is -2.35. The third-order valence-electron chi connectivity index (χ3n) is 5.34. The topological polar surface area (TPSA) is 64.4 Å². The fourth-order valence-corrected chi connectivity index (χ4v) is 3.86. The van der Waals surface area contributed by atoms with Crippen LogP contribution in [0.15, 0.2) is 54.6 Å². The highest BCUT2D eigenvalue weighted by atomic mass is 35.5. The molecule has 1 aromatic heterocycles. The molecule has 0 unspecified atom stereocenters. The van der Waals surface area contributed by atoms with Crippen molar-refractivity contribution in [3.8, 4) is 16.9 Å². The Kier molecular flexibility index (Phi) is 6.37. The molecule has 0 radical (unpaired) electrons. The summed E-state index contributed by atoms with van der Waals surface area (Å²) in [6.07, 6.45) is 3.29. The molecule has 0 saturated carbocycles. The highest BCUT2D eigenvalue weighted by Gasteiger charge is 2.20. The van der Waals surface area contributed by atoms with Crippen molar-refractivity contribution in [1.29, 1.82) is 0 Å². The number of amides is 1. The largest absolute Gasteiger partial charge is 0.461 e. The second kappa shape index (κ2) is 9.35. The van der Waals surface area contributed by atoms with Gasteiger partial charge in [-0.2, -0.15) is 5.10 Å². The number of carbonyl (C=O) groups is 2. The first-order chi connectivity index (χ1) is 15.1. The molecule has 0 N–H and O–H groups in total. The molecule has 0 aliphatic carbocycles. The molecular formula is C24H24ClN3O3. The number of piperidine rings is 1. The predicted octanol–water partition coefficient (Wildman–Crippen LogP) is 5.00. The summed E-state index contributed by atoms with van der Waals surface area (Å²) in [4.78, 5) is 26.9. The quantitative estimate of drug-likeness (QED) is 0.527. The maximum Gasteiger partial charge on any atom is 0.358 e. The highest BCUT2D eigenvalue weighted by molar-refractivity contribution is 6.30. The smallest absolute Gasteiger partial charge is 0.358 e. The lowest BCUT2D eigenvalue weighted by molar-refractivity contribution is 0.0518. The molecule has 6 nitrogen and oxygen atoms in total. The van der Waals surface area contributed by atoms with E-state index in [4.69, 9.17) is 16.3 Å². The van der Waals surface area contributed by atoms with Crippen molar-refractivity contribution < 1.29 is 14.3 Å². The molecule has 1 fully saturated rings. The number of ether oxygens (including phenoxy) is 1. The lowest BCUT2D eigenvalue weighted by Gasteiger charge is -2.26. The van der Waals surface area contributed by atoms with E-state index in [1.54, 1.807) is 29.8 Å².